The minimum atomic E-state index is 0. The largest absolute Gasteiger partial charge is 0.375 e. The second-order valence-corrected chi connectivity index (χ2v) is 4.44. The molecule has 6 heteroatoms. The van der Waals surface area contributed by atoms with Gasteiger partial charge in [-0.05, 0) is 44.0 Å². The number of nitrogens with one attached hydrogen (secondary N) is 1. The van der Waals surface area contributed by atoms with Crippen molar-refractivity contribution in [3.05, 3.63) is 23.0 Å². The molecule has 1 aliphatic rings. The van der Waals surface area contributed by atoms with E-state index in [1.807, 2.05) is 6.07 Å². The molecule has 1 aromatic rings. The standard InChI is InChI=1S/C11H16ClN3O.ClH/c12-11-2-1-10(14-15-11)8-16-7-9-3-5-13-6-4-9;/h1-2,9,13H,3-8H2;1H. The lowest BCUT2D eigenvalue weighted by atomic mass is 9.99. The fraction of sp³-hybridized carbons (Fsp3) is 0.636. The normalized spacial score (nSPS) is 16.5. The maximum absolute atomic E-state index is 5.65. The molecule has 0 unspecified atom stereocenters. The van der Waals surface area contributed by atoms with Gasteiger partial charge in [-0.2, -0.15) is 5.10 Å². The summed E-state index contributed by atoms with van der Waals surface area (Å²) >= 11 is 5.65. The summed E-state index contributed by atoms with van der Waals surface area (Å²) in [5.74, 6) is 0.682. The van der Waals surface area contributed by atoms with E-state index in [0.29, 0.717) is 17.7 Å². The molecule has 0 radical (unpaired) electrons. The van der Waals surface area contributed by atoms with Crippen LogP contribution in [0.25, 0.3) is 0 Å². The summed E-state index contributed by atoms with van der Waals surface area (Å²) in [6.07, 6.45) is 2.40. The molecule has 96 valence electrons. The Morgan fingerprint density at radius 3 is 2.71 bits per heavy atom. The van der Waals surface area contributed by atoms with Crippen molar-refractivity contribution in [1.29, 1.82) is 0 Å². The van der Waals surface area contributed by atoms with Crippen molar-refractivity contribution in [2.45, 2.75) is 19.4 Å². The first-order chi connectivity index (χ1) is 7.84. The predicted octanol–water partition coefficient (Wildman–Crippen LogP) is 2.07. The average molecular weight is 278 g/mol. The maximum atomic E-state index is 5.65. The quantitative estimate of drug-likeness (QED) is 0.916. The summed E-state index contributed by atoms with van der Waals surface area (Å²) in [6.45, 7) is 3.55. The molecule has 1 aliphatic heterocycles. The van der Waals surface area contributed by atoms with Crippen LogP contribution in [0.5, 0.6) is 0 Å². The maximum Gasteiger partial charge on any atom is 0.151 e. The first-order valence-corrected chi connectivity index (χ1v) is 5.99. The van der Waals surface area contributed by atoms with E-state index in [9.17, 15) is 0 Å². The van der Waals surface area contributed by atoms with E-state index >= 15 is 0 Å². The number of halogens is 2. The van der Waals surface area contributed by atoms with Gasteiger partial charge in [0.2, 0.25) is 0 Å². The third kappa shape index (κ3) is 5.17. The number of nitrogens with zero attached hydrogens (tertiary/aromatic N) is 2. The van der Waals surface area contributed by atoms with Gasteiger partial charge in [0.05, 0.1) is 18.9 Å². The average Bonchev–Trinajstić information content (AvgIpc) is 2.33. The topological polar surface area (TPSA) is 47.0 Å². The Balaban J connectivity index is 0.00000144. The van der Waals surface area contributed by atoms with Crippen LogP contribution < -0.4 is 5.32 Å². The SMILES string of the molecule is Cl.Clc1ccc(COCC2CCNCC2)nn1. The number of hydrogen-bond acceptors (Lipinski definition) is 4. The van der Waals surface area contributed by atoms with Crippen LogP contribution in [-0.4, -0.2) is 29.9 Å². The van der Waals surface area contributed by atoms with Gasteiger partial charge in [0, 0.05) is 0 Å². The Bertz CT molecular complexity index is 315. The minimum absolute atomic E-state index is 0. The van der Waals surface area contributed by atoms with Crippen molar-refractivity contribution in [3.63, 3.8) is 0 Å². The van der Waals surface area contributed by atoms with Crippen LogP contribution in [0, 0.1) is 5.92 Å². The molecule has 0 bridgehead atoms. The van der Waals surface area contributed by atoms with Gasteiger partial charge in [-0.3, -0.25) is 0 Å². The zero-order valence-corrected chi connectivity index (χ0v) is 11.1. The summed E-state index contributed by atoms with van der Waals surface area (Å²) in [6, 6.07) is 3.58. The Labute approximate surface area is 113 Å². The van der Waals surface area contributed by atoms with Gasteiger partial charge in [0.1, 0.15) is 0 Å². The van der Waals surface area contributed by atoms with Crippen molar-refractivity contribution >= 4 is 24.0 Å². The monoisotopic (exact) mass is 277 g/mol. The van der Waals surface area contributed by atoms with Crippen LogP contribution in [0.1, 0.15) is 18.5 Å². The van der Waals surface area contributed by atoms with E-state index in [2.05, 4.69) is 15.5 Å². The molecular weight excluding hydrogens is 261 g/mol. The molecular formula is C11H17Cl2N3O. The van der Waals surface area contributed by atoms with E-state index in [4.69, 9.17) is 16.3 Å². The van der Waals surface area contributed by atoms with E-state index in [1.165, 1.54) is 12.8 Å². The van der Waals surface area contributed by atoms with Crippen molar-refractivity contribution in [2.24, 2.45) is 5.92 Å². The summed E-state index contributed by atoms with van der Waals surface area (Å²) < 4.78 is 5.63. The lowest BCUT2D eigenvalue weighted by Gasteiger charge is -2.22. The molecule has 0 saturated carbocycles. The molecule has 2 heterocycles. The van der Waals surface area contributed by atoms with Crippen LogP contribution in [-0.2, 0) is 11.3 Å². The second-order valence-electron chi connectivity index (χ2n) is 4.06. The number of hydrogen-bond donors (Lipinski definition) is 1. The lowest BCUT2D eigenvalue weighted by molar-refractivity contribution is 0.0740. The first kappa shape index (κ1) is 14.6. The highest BCUT2D eigenvalue weighted by Crippen LogP contribution is 2.12. The van der Waals surface area contributed by atoms with Crippen LogP contribution >= 0.6 is 24.0 Å². The zero-order chi connectivity index (χ0) is 11.2. The van der Waals surface area contributed by atoms with Gasteiger partial charge in [-0.25, -0.2) is 0 Å². The molecule has 1 N–H and O–H groups in total. The van der Waals surface area contributed by atoms with Crippen LogP contribution in [0.3, 0.4) is 0 Å². The lowest BCUT2D eigenvalue weighted by Crippen LogP contribution is -2.29. The minimum Gasteiger partial charge on any atom is -0.375 e. The van der Waals surface area contributed by atoms with Crippen molar-refractivity contribution in [2.75, 3.05) is 19.7 Å². The molecule has 4 nitrogen and oxygen atoms in total. The summed E-state index contributed by atoms with van der Waals surface area (Å²) in [5.41, 5.74) is 0.832. The van der Waals surface area contributed by atoms with Crippen LogP contribution in [0.15, 0.2) is 12.1 Å². The zero-order valence-electron chi connectivity index (χ0n) is 9.56. The molecule has 17 heavy (non-hydrogen) atoms. The van der Waals surface area contributed by atoms with E-state index in [0.717, 1.165) is 25.4 Å². The van der Waals surface area contributed by atoms with Crippen molar-refractivity contribution < 1.29 is 4.74 Å². The van der Waals surface area contributed by atoms with Crippen molar-refractivity contribution in [1.82, 2.24) is 15.5 Å². The number of rotatable bonds is 4. The second kappa shape index (κ2) is 7.82. The molecule has 1 aromatic heterocycles. The summed E-state index contributed by atoms with van der Waals surface area (Å²) in [4.78, 5) is 0. The molecule has 1 saturated heterocycles. The summed E-state index contributed by atoms with van der Waals surface area (Å²) in [5, 5.41) is 11.5. The molecule has 0 aromatic carbocycles. The molecule has 2 rings (SSSR count). The number of piperidine rings is 1. The molecule has 0 amide bonds. The van der Waals surface area contributed by atoms with Gasteiger partial charge in [-0.1, -0.05) is 11.6 Å². The van der Waals surface area contributed by atoms with Gasteiger partial charge >= 0.3 is 0 Å². The smallest absolute Gasteiger partial charge is 0.151 e. The van der Waals surface area contributed by atoms with Gasteiger partial charge in [0.15, 0.2) is 5.15 Å². The van der Waals surface area contributed by atoms with Crippen molar-refractivity contribution in [3.8, 4) is 0 Å². The molecule has 0 atom stereocenters. The highest BCUT2D eigenvalue weighted by atomic mass is 35.5. The van der Waals surface area contributed by atoms with Crippen LogP contribution in [0.4, 0.5) is 0 Å². The van der Waals surface area contributed by atoms with E-state index in [-0.39, 0.29) is 12.4 Å². The highest BCUT2D eigenvalue weighted by molar-refractivity contribution is 6.29. The first-order valence-electron chi connectivity index (χ1n) is 5.61. The Hall–Kier alpha value is -0.420. The molecule has 1 fully saturated rings. The highest BCUT2D eigenvalue weighted by Gasteiger charge is 2.12. The predicted molar refractivity (Wildman–Crippen MR) is 69.5 cm³/mol. The Kier molecular flexibility index (Phi) is 6.73. The Morgan fingerprint density at radius 2 is 2.06 bits per heavy atom. The third-order valence-corrected chi connectivity index (χ3v) is 2.95. The third-order valence-electron chi connectivity index (χ3n) is 2.75. The van der Waals surface area contributed by atoms with Crippen LogP contribution in [0.2, 0.25) is 5.15 Å². The number of aromatic nitrogens is 2. The van der Waals surface area contributed by atoms with E-state index in [1.54, 1.807) is 6.07 Å². The van der Waals surface area contributed by atoms with Gasteiger partial charge < -0.3 is 10.1 Å². The van der Waals surface area contributed by atoms with Gasteiger partial charge in [-0.15, -0.1) is 17.5 Å². The summed E-state index contributed by atoms with van der Waals surface area (Å²) in [7, 11) is 0. The van der Waals surface area contributed by atoms with E-state index < -0.39 is 0 Å². The molecule has 0 aliphatic carbocycles. The molecule has 0 spiro atoms. The fourth-order valence-corrected chi connectivity index (χ4v) is 1.90. The Morgan fingerprint density at radius 1 is 1.29 bits per heavy atom. The fourth-order valence-electron chi connectivity index (χ4n) is 1.80. The van der Waals surface area contributed by atoms with Gasteiger partial charge in [0.25, 0.3) is 0 Å². The number of ether oxygens (including phenoxy) is 1.